The summed E-state index contributed by atoms with van der Waals surface area (Å²) in [5, 5.41) is 0. The van der Waals surface area contributed by atoms with E-state index in [1.54, 1.807) is 17.3 Å². The minimum Gasteiger partial charge on any atom is -0.444 e. The second-order valence-corrected chi connectivity index (χ2v) is 6.01. The van der Waals surface area contributed by atoms with Crippen molar-refractivity contribution in [1.29, 1.82) is 0 Å². The van der Waals surface area contributed by atoms with Crippen LogP contribution in [0.5, 0.6) is 0 Å². The molecule has 20 heavy (non-hydrogen) atoms. The topological polar surface area (TPSA) is 55.3 Å². The first-order valence-corrected chi connectivity index (χ1v) is 6.85. The van der Waals surface area contributed by atoms with Crippen LogP contribution in [0.3, 0.4) is 0 Å². The lowest BCUT2D eigenvalue weighted by Gasteiger charge is -2.24. The third-order valence-corrected chi connectivity index (χ3v) is 3.02. The fraction of sp³-hybridized carbons (Fsp3) is 0.533. The van der Waals surface area contributed by atoms with Crippen LogP contribution in [-0.2, 0) is 4.74 Å². The van der Waals surface area contributed by atoms with Gasteiger partial charge in [-0.05, 0) is 33.1 Å². The van der Waals surface area contributed by atoms with E-state index in [2.05, 4.69) is 16.0 Å². The molecular weight excluding hydrogens is 254 g/mol. The van der Waals surface area contributed by atoms with Gasteiger partial charge in [-0.2, -0.15) is 0 Å². The van der Waals surface area contributed by atoms with E-state index in [1.165, 1.54) is 6.33 Å². The molecule has 0 aromatic carbocycles. The van der Waals surface area contributed by atoms with Gasteiger partial charge in [-0.1, -0.05) is 12.2 Å². The zero-order valence-electron chi connectivity index (χ0n) is 12.2. The van der Waals surface area contributed by atoms with Crippen molar-refractivity contribution >= 4 is 12.2 Å². The summed E-state index contributed by atoms with van der Waals surface area (Å²) >= 11 is 0. The third-order valence-electron chi connectivity index (χ3n) is 3.02. The highest BCUT2D eigenvalue weighted by Gasteiger charge is 2.28. The summed E-state index contributed by atoms with van der Waals surface area (Å²) in [7, 11) is 0. The first kappa shape index (κ1) is 14.5. The predicted molar refractivity (Wildman–Crippen MR) is 77.0 cm³/mol. The van der Waals surface area contributed by atoms with E-state index in [0.29, 0.717) is 12.5 Å². The normalized spacial score (nSPS) is 19.6. The molecule has 1 atom stereocenters. The second-order valence-electron chi connectivity index (χ2n) is 6.01. The molecule has 1 aliphatic rings. The van der Waals surface area contributed by atoms with E-state index in [1.807, 2.05) is 26.8 Å². The lowest BCUT2D eigenvalue weighted by Crippen LogP contribution is -2.35. The molecule has 0 aliphatic carbocycles. The van der Waals surface area contributed by atoms with Crippen molar-refractivity contribution in [2.24, 2.45) is 5.92 Å². The summed E-state index contributed by atoms with van der Waals surface area (Å²) in [5.41, 5.74) is 0.537. The van der Waals surface area contributed by atoms with Gasteiger partial charge >= 0.3 is 6.09 Å². The Bertz CT molecular complexity index is 480. The standard InChI is InChI=1S/C15H21N3O2/c1-15(2,3)20-14(19)18-7-6-12(10-18)4-5-13-8-16-11-17-9-13/h4-5,8-9,11-12H,6-7,10H2,1-3H3/b5-4+/t12-/m0/s1. The van der Waals surface area contributed by atoms with Crippen LogP contribution < -0.4 is 0 Å². The van der Waals surface area contributed by atoms with Crippen LogP contribution in [-0.4, -0.2) is 39.7 Å². The van der Waals surface area contributed by atoms with E-state index >= 15 is 0 Å². The van der Waals surface area contributed by atoms with Crippen molar-refractivity contribution < 1.29 is 9.53 Å². The molecule has 0 N–H and O–H groups in total. The maximum Gasteiger partial charge on any atom is 0.410 e. The summed E-state index contributed by atoms with van der Waals surface area (Å²) in [6.45, 7) is 7.10. The van der Waals surface area contributed by atoms with Crippen LogP contribution >= 0.6 is 0 Å². The smallest absolute Gasteiger partial charge is 0.410 e. The van der Waals surface area contributed by atoms with Gasteiger partial charge in [0.15, 0.2) is 0 Å². The summed E-state index contributed by atoms with van der Waals surface area (Å²) in [6, 6.07) is 0. The van der Waals surface area contributed by atoms with Gasteiger partial charge in [0, 0.05) is 31.0 Å². The summed E-state index contributed by atoms with van der Waals surface area (Å²) in [6.07, 6.45) is 9.90. The van der Waals surface area contributed by atoms with Gasteiger partial charge in [0.05, 0.1) is 0 Å². The Morgan fingerprint density at radius 1 is 1.40 bits per heavy atom. The number of hydrogen-bond acceptors (Lipinski definition) is 4. The van der Waals surface area contributed by atoms with Crippen LogP contribution in [0.2, 0.25) is 0 Å². The average molecular weight is 275 g/mol. The monoisotopic (exact) mass is 275 g/mol. The molecule has 2 heterocycles. The largest absolute Gasteiger partial charge is 0.444 e. The average Bonchev–Trinajstić information content (AvgIpc) is 2.84. The van der Waals surface area contributed by atoms with Gasteiger partial charge < -0.3 is 9.64 Å². The number of aromatic nitrogens is 2. The molecule has 0 radical (unpaired) electrons. The number of rotatable bonds is 2. The molecule has 1 saturated heterocycles. The number of ether oxygens (including phenoxy) is 1. The van der Waals surface area contributed by atoms with Crippen molar-refractivity contribution in [3.05, 3.63) is 30.4 Å². The van der Waals surface area contributed by atoms with E-state index in [4.69, 9.17) is 4.74 Å². The van der Waals surface area contributed by atoms with Crippen LogP contribution in [0.15, 0.2) is 24.8 Å². The van der Waals surface area contributed by atoms with Crippen LogP contribution in [0.4, 0.5) is 4.79 Å². The molecule has 108 valence electrons. The third kappa shape index (κ3) is 4.33. The molecule has 2 rings (SSSR count). The number of carbonyl (C=O) groups excluding carboxylic acids is 1. The zero-order chi connectivity index (χ0) is 14.6. The highest BCUT2D eigenvalue weighted by atomic mass is 16.6. The molecule has 5 nitrogen and oxygen atoms in total. The Kier molecular flexibility index (Phi) is 4.37. The Hall–Kier alpha value is -1.91. The van der Waals surface area contributed by atoms with Gasteiger partial charge in [0.25, 0.3) is 0 Å². The van der Waals surface area contributed by atoms with Gasteiger partial charge in [-0.3, -0.25) is 0 Å². The fourth-order valence-electron chi connectivity index (χ4n) is 2.08. The number of hydrogen-bond donors (Lipinski definition) is 0. The van der Waals surface area contributed by atoms with Crippen molar-refractivity contribution in [2.75, 3.05) is 13.1 Å². The summed E-state index contributed by atoms with van der Waals surface area (Å²) in [4.78, 5) is 21.6. The summed E-state index contributed by atoms with van der Waals surface area (Å²) < 4.78 is 5.38. The van der Waals surface area contributed by atoms with Crippen LogP contribution in [0.25, 0.3) is 6.08 Å². The fourth-order valence-corrected chi connectivity index (χ4v) is 2.08. The lowest BCUT2D eigenvalue weighted by molar-refractivity contribution is 0.0291. The van der Waals surface area contributed by atoms with Crippen molar-refractivity contribution in [2.45, 2.75) is 32.8 Å². The van der Waals surface area contributed by atoms with Gasteiger partial charge in [-0.25, -0.2) is 14.8 Å². The molecule has 0 spiro atoms. The van der Waals surface area contributed by atoms with Crippen LogP contribution in [0, 0.1) is 5.92 Å². The number of likely N-dealkylation sites (tertiary alicyclic amines) is 1. The van der Waals surface area contributed by atoms with E-state index < -0.39 is 5.60 Å². The van der Waals surface area contributed by atoms with Crippen LogP contribution in [0.1, 0.15) is 32.8 Å². The maximum atomic E-state index is 11.9. The number of carbonyl (C=O) groups is 1. The molecule has 0 saturated carbocycles. The lowest BCUT2D eigenvalue weighted by atomic mass is 10.1. The highest BCUT2D eigenvalue weighted by molar-refractivity contribution is 5.68. The molecule has 1 amide bonds. The number of nitrogens with zero attached hydrogens (tertiary/aromatic N) is 3. The van der Waals surface area contributed by atoms with E-state index in [9.17, 15) is 4.79 Å². The maximum absolute atomic E-state index is 11.9. The first-order chi connectivity index (χ1) is 9.44. The quantitative estimate of drug-likeness (QED) is 0.832. The summed E-state index contributed by atoms with van der Waals surface area (Å²) in [5.74, 6) is 0.364. The molecule has 1 fully saturated rings. The van der Waals surface area contributed by atoms with Crippen molar-refractivity contribution in [3.8, 4) is 0 Å². The SMILES string of the molecule is CC(C)(C)OC(=O)N1CC[C@H](/C=C/c2cncnc2)C1. The van der Waals surface area contributed by atoms with Crippen molar-refractivity contribution in [1.82, 2.24) is 14.9 Å². The highest BCUT2D eigenvalue weighted by Crippen LogP contribution is 2.21. The molecule has 0 unspecified atom stereocenters. The Labute approximate surface area is 119 Å². The minimum absolute atomic E-state index is 0.226. The molecule has 5 heteroatoms. The molecule has 1 aliphatic heterocycles. The Morgan fingerprint density at radius 3 is 2.75 bits per heavy atom. The van der Waals surface area contributed by atoms with Gasteiger partial charge in [0.2, 0.25) is 0 Å². The zero-order valence-corrected chi connectivity index (χ0v) is 12.2. The van der Waals surface area contributed by atoms with Crippen molar-refractivity contribution in [3.63, 3.8) is 0 Å². The Morgan fingerprint density at radius 2 is 2.10 bits per heavy atom. The molecular formula is C15H21N3O2. The van der Waals surface area contributed by atoms with E-state index in [-0.39, 0.29) is 6.09 Å². The second kappa shape index (κ2) is 6.03. The van der Waals surface area contributed by atoms with Gasteiger partial charge in [0.1, 0.15) is 11.9 Å². The molecule has 1 aromatic rings. The molecule has 1 aromatic heterocycles. The first-order valence-electron chi connectivity index (χ1n) is 6.85. The molecule has 0 bridgehead atoms. The van der Waals surface area contributed by atoms with E-state index in [0.717, 1.165) is 18.5 Å². The van der Waals surface area contributed by atoms with Gasteiger partial charge in [-0.15, -0.1) is 0 Å². The number of amides is 1. The Balaban J connectivity index is 1.86. The predicted octanol–water partition coefficient (Wildman–Crippen LogP) is 2.75. The minimum atomic E-state index is -0.438.